The van der Waals surface area contributed by atoms with Gasteiger partial charge in [0, 0.05) is 36.2 Å². The zero-order valence-electron chi connectivity index (χ0n) is 17.4. The van der Waals surface area contributed by atoms with Crippen molar-refractivity contribution in [2.75, 3.05) is 20.3 Å². The van der Waals surface area contributed by atoms with Crippen LogP contribution in [0.25, 0.3) is 6.08 Å². The van der Waals surface area contributed by atoms with Gasteiger partial charge < -0.3 is 18.8 Å². The molecule has 7 heteroatoms. The zero-order chi connectivity index (χ0) is 21.7. The van der Waals surface area contributed by atoms with E-state index in [1.807, 2.05) is 19.9 Å². The number of benzene rings is 1. The van der Waals surface area contributed by atoms with Gasteiger partial charge in [0.05, 0.1) is 13.2 Å². The molecule has 2 aromatic rings. The molecule has 0 saturated carbocycles. The summed E-state index contributed by atoms with van der Waals surface area (Å²) in [6.07, 6.45) is 4.83. The van der Waals surface area contributed by atoms with Gasteiger partial charge in [-0.3, -0.25) is 4.79 Å². The minimum atomic E-state index is -0.673. The maximum atomic E-state index is 13.7. The largest absolute Gasteiger partial charge is 0.494 e. The molecule has 0 bridgehead atoms. The number of aryl methyl sites for hydroxylation is 1. The first-order chi connectivity index (χ1) is 14.4. The molecule has 0 N–H and O–H groups in total. The number of nitrogens with zero attached hydrogens (tertiary/aromatic N) is 1. The Kier molecular flexibility index (Phi) is 7.05. The summed E-state index contributed by atoms with van der Waals surface area (Å²) in [5.41, 5.74) is 2.83. The molecule has 30 heavy (non-hydrogen) atoms. The van der Waals surface area contributed by atoms with E-state index in [4.69, 9.17) is 14.2 Å². The number of methoxy groups -OCH3 is 1. The van der Waals surface area contributed by atoms with Gasteiger partial charge in [-0.25, -0.2) is 9.18 Å². The van der Waals surface area contributed by atoms with Crippen molar-refractivity contribution in [3.63, 3.8) is 0 Å². The molecule has 0 aliphatic carbocycles. The molecule has 1 atom stereocenters. The maximum Gasteiger partial charge on any atom is 0.331 e. The number of rotatable bonds is 8. The van der Waals surface area contributed by atoms with Gasteiger partial charge in [0.15, 0.2) is 18.2 Å². The van der Waals surface area contributed by atoms with Crippen LogP contribution in [0.1, 0.15) is 40.2 Å². The molecule has 3 rings (SSSR count). The Hall–Kier alpha value is -2.93. The fraction of sp³-hybridized carbons (Fsp3) is 0.391. The lowest BCUT2D eigenvalue weighted by Crippen LogP contribution is -2.18. The van der Waals surface area contributed by atoms with Gasteiger partial charge in [-0.2, -0.15) is 0 Å². The molecule has 1 aliphatic heterocycles. The van der Waals surface area contributed by atoms with Gasteiger partial charge in [0.25, 0.3) is 0 Å². The Labute approximate surface area is 175 Å². The Morgan fingerprint density at radius 3 is 2.77 bits per heavy atom. The first kappa shape index (κ1) is 21.8. The van der Waals surface area contributed by atoms with Crippen molar-refractivity contribution in [1.82, 2.24) is 4.57 Å². The first-order valence-electron chi connectivity index (χ1n) is 9.89. The normalized spacial score (nSPS) is 16.2. The topological polar surface area (TPSA) is 66.8 Å². The molecule has 160 valence electrons. The van der Waals surface area contributed by atoms with Crippen LogP contribution in [0.5, 0.6) is 5.75 Å². The number of ether oxygens (including phenoxy) is 3. The van der Waals surface area contributed by atoms with Crippen molar-refractivity contribution in [3.05, 3.63) is 58.7 Å². The van der Waals surface area contributed by atoms with Gasteiger partial charge >= 0.3 is 5.97 Å². The summed E-state index contributed by atoms with van der Waals surface area (Å²) in [5, 5.41) is 0. The van der Waals surface area contributed by atoms with Gasteiger partial charge in [-0.15, -0.1) is 0 Å². The standard InChI is InChI=1S/C23H26FNO5/c1-15-11-19(16(2)25(15)13-18-5-4-10-29-18)21(26)14-30-23(27)9-7-17-6-8-22(28-3)20(24)12-17/h6-9,11-12,18H,4-5,10,13-14H2,1-3H3/b9-7+/t18-/m1/s1. The molecule has 0 spiro atoms. The van der Waals surface area contributed by atoms with E-state index in [1.54, 1.807) is 6.07 Å². The molecular weight excluding hydrogens is 389 g/mol. The summed E-state index contributed by atoms with van der Waals surface area (Å²) in [5.74, 6) is -1.34. The highest BCUT2D eigenvalue weighted by atomic mass is 19.1. The number of hydrogen-bond donors (Lipinski definition) is 0. The molecule has 1 fully saturated rings. The minimum absolute atomic E-state index is 0.123. The number of ketones is 1. The molecule has 2 heterocycles. The fourth-order valence-electron chi connectivity index (χ4n) is 3.57. The monoisotopic (exact) mass is 415 g/mol. The molecule has 0 unspecified atom stereocenters. The third kappa shape index (κ3) is 5.16. The van der Waals surface area contributed by atoms with Crippen LogP contribution >= 0.6 is 0 Å². The van der Waals surface area contributed by atoms with E-state index in [9.17, 15) is 14.0 Å². The van der Waals surface area contributed by atoms with Crippen LogP contribution in [-0.2, 0) is 20.8 Å². The highest BCUT2D eigenvalue weighted by Crippen LogP contribution is 2.21. The summed E-state index contributed by atoms with van der Waals surface area (Å²) in [7, 11) is 1.38. The quantitative estimate of drug-likeness (QED) is 0.372. The predicted molar refractivity (Wildman–Crippen MR) is 110 cm³/mol. The third-order valence-corrected chi connectivity index (χ3v) is 5.22. The molecule has 1 saturated heterocycles. The van der Waals surface area contributed by atoms with Crippen LogP contribution in [0.3, 0.4) is 0 Å². The maximum absolute atomic E-state index is 13.7. The number of Topliss-reactive ketones (excluding diaryl/α,β-unsaturated/α-hetero) is 1. The van der Waals surface area contributed by atoms with Crippen LogP contribution in [-0.4, -0.2) is 42.7 Å². The lowest BCUT2D eigenvalue weighted by atomic mass is 10.1. The Bertz CT molecular complexity index is 957. The molecule has 1 aromatic heterocycles. The van der Waals surface area contributed by atoms with Crippen LogP contribution in [0.4, 0.5) is 4.39 Å². The number of carbonyl (C=O) groups is 2. The minimum Gasteiger partial charge on any atom is -0.494 e. The van der Waals surface area contributed by atoms with E-state index in [2.05, 4.69) is 4.57 Å². The summed E-state index contributed by atoms with van der Waals surface area (Å²) < 4.78 is 31.4. The van der Waals surface area contributed by atoms with Crippen molar-refractivity contribution in [2.45, 2.75) is 39.3 Å². The van der Waals surface area contributed by atoms with E-state index in [0.717, 1.165) is 36.9 Å². The second-order valence-electron chi connectivity index (χ2n) is 7.29. The first-order valence-corrected chi connectivity index (χ1v) is 9.89. The van der Waals surface area contributed by atoms with Crippen molar-refractivity contribution in [3.8, 4) is 5.75 Å². The third-order valence-electron chi connectivity index (χ3n) is 5.22. The lowest BCUT2D eigenvalue weighted by molar-refractivity contribution is -0.136. The Morgan fingerprint density at radius 1 is 1.30 bits per heavy atom. The number of hydrogen-bond acceptors (Lipinski definition) is 5. The molecular formula is C23H26FNO5. The molecule has 0 amide bonds. The van der Waals surface area contributed by atoms with Crippen molar-refractivity contribution in [1.29, 1.82) is 0 Å². The fourth-order valence-corrected chi connectivity index (χ4v) is 3.57. The second-order valence-corrected chi connectivity index (χ2v) is 7.29. The number of aromatic nitrogens is 1. The van der Waals surface area contributed by atoms with E-state index >= 15 is 0 Å². The average molecular weight is 415 g/mol. The van der Waals surface area contributed by atoms with Crippen LogP contribution < -0.4 is 4.74 Å². The summed E-state index contributed by atoms with van der Waals surface area (Å²) in [6, 6.07) is 6.14. The van der Waals surface area contributed by atoms with E-state index in [0.29, 0.717) is 17.7 Å². The Balaban J connectivity index is 1.57. The zero-order valence-corrected chi connectivity index (χ0v) is 17.4. The van der Waals surface area contributed by atoms with Crippen molar-refractivity contribution in [2.24, 2.45) is 0 Å². The molecule has 1 aliphatic rings. The number of carbonyl (C=O) groups excluding carboxylic acids is 2. The SMILES string of the molecule is COc1ccc(/C=C/C(=O)OCC(=O)c2cc(C)n(C[C@H]3CCCO3)c2C)cc1F. The van der Waals surface area contributed by atoms with Gasteiger partial charge in [-0.05, 0) is 56.5 Å². The molecule has 1 aromatic carbocycles. The highest BCUT2D eigenvalue weighted by Gasteiger charge is 2.21. The van der Waals surface area contributed by atoms with Crippen LogP contribution in [0.15, 0.2) is 30.3 Å². The van der Waals surface area contributed by atoms with E-state index in [-0.39, 0.29) is 24.2 Å². The summed E-state index contributed by atoms with van der Waals surface area (Å²) in [6.45, 7) is 4.97. The van der Waals surface area contributed by atoms with Gasteiger partial charge in [-0.1, -0.05) is 6.07 Å². The Morgan fingerprint density at radius 2 is 2.10 bits per heavy atom. The highest BCUT2D eigenvalue weighted by molar-refractivity contribution is 6.00. The lowest BCUT2D eigenvalue weighted by Gasteiger charge is -2.14. The second kappa shape index (κ2) is 9.71. The van der Waals surface area contributed by atoms with E-state index < -0.39 is 11.8 Å². The van der Waals surface area contributed by atoms with Crippen LogP contribution in [0.2, 0.25) is 0 Å². The smallest absolute Gasteiger partial charge is 0.331 e. The molecule has 6 nitrogen and oxygen atoms in total. The summed E-state index contributed by atoms with van der Waals surface area (Å²) >= 11 is 0. The van der Waals surface area contributed by atoms with Crippen molar-refractivity contribution < 1.29 is 28.2 Å². The number of halogens is 1. The van der Waals surface area contributed by atoms with Gasteiger partial charge in [0.2, 0.25) is 5.78 Å². The predicted octanol–water partition coefficient (Wildman–Crippen LogP) is 3.87. The van der Waals surface area contributed by atoms with E-state index in [1.165, 1.54) is 25.3 Å². The van der Waals surface area contributed by atoms with Crippen molar-refractivity contribution >= 4 is 17.8 Å². The van der Waals surface area contributed by atoms with Gasteiger partial charge in [0.1, 0.15) is 0 Å². The van der Waals surface area contributed by atoms with Crippen LogP contribution in [0, 0.1) is 19.7 Å². The number of esters is 1. The summed E-state index contributed by atoms with van der Waals surface area (Å²) in [4.78, 5) is 24.5. The molecule has 0 radical (unpaired) electrons. The average Bonchev–Trinajstić information content (AvgIpc) is 3.34.